The Morgan fingerprint density at radius 2 is 1.82 bits per heavy atom. The number of rotatable bonds is 2. The molecule has 0 unspecified atom stereocenters. The fraction of sp³-hybridized carbons (Fsp3) is 0.263. The van der Waals surface area contributed by atoms with E-state index in [4.69, 9.17) is 4.74 Å². The van der Waals surface area contributed by atoms with E-state index in [0.717, 1.165) is 10.8 Å². The summed E-state index contributed by atoms with van der Waals surface area (Å²) in [5.74, 6) is 0. The largest absolute Gasteiger partial charge is 0.394 e. The van der Waals surface area contributed by atoms with Gasteiger partial charge in [0.1, 0.15) is 12.3 Å². The average Bonchev–Trinajstić information content (AvgIpc) is 3.05. The standard InChI is InChI=1S/C19H16N4O5/c24-8-14-13(25)7-15(28-14)23-17-16(18(26)22-19(23)27)20-11-5-9-3-1-2-4-10(9)6-12(11)21-17/h1-6,13-15,24-25H,7-8H2,(H,22,26,27)/t13-,14+,15+/m0/s1. The number of aliphatic hydroxyl groups excluding tert-OH is 2. The smallest absolute Gasteiger partial charge is 0.332 e. The summed E-state index contributed by atoms with van der Waals surface area (Å²) in [5, 5.41) is 21.2. The van der Waals surface area contributed by atoms with Crippen molar-refractivity contribution in [3.8, 4) is 0 Å². The number of aliphatic hydroxyl groups is 2. The van der Waals surface area contributed by atoms with Crippen molar-refractivity contribution in [1.82, 2.24) is 19.5 Å². The number of hydrogen-bond acceptors (Lipinski definition) is 7. The fourth-order valence-corrected chi connectivity index (χ4v) is 3.67. The number of aromatic amines is 1. The van der Waals surface area contributed by atoms with E-state index in [9.17, 15) is 19.8 Å². The summed E-state index contributed by atoms with van der Waals surface area (Å²) in [5.41, 5.74) is -0.205. The van der Waals surface area contributed by atoms with E-state index in [1.165, 1.54) is 4.57 Å². The van der Waals surface area contributed by atoms with Crippen molar-refractivity contribution in [1.29, 1.82) is 0 Å². The number of ether oxygens (including phenoxy) is 1. The molecule has 3 atom stereocenters. The molecule has 0 bridgehead atoms. The molecule has 28 heavy (non-hydrogen) atoms. The Morgan fingerprint density at radius 3 is 2.46 bits per heavy atom. The number of nitrogens with one attached hydrogen (secondary N) is 1. The van der Waals surface area contributed by atoms with Crippen molar-refractivity contribution >= 4 is 33.0 Å². The maximum absolute atomic E-state index is 12.5. The minimum Gasteiger partial charge on any atom is -0.394 e. The zero-order valence-corrected chi connectivity index (χ0v) is 14.6. The average molecular weight is 380 g/mol. The van der Waals surface area contributed by atoms with Gasteiger partial charge in [-0.2, -0.15) is 0 Å². The van der Waals surface area contributed by atoms with Crippen LogP contribution < -0.4 is 11.2 Å². The lowest BCUT2D eigenvalue weighted by atomic mass is 10.1. The van der Waals surface area contributed by atoms with Gasteiger partial charge in [0.15, 0.2) is 11.2 Å². The van der Waals surface area contributed by atoms with Gasteiger partial charge in [-0.15, -0.1) is 0 Å². The highest BCUT2D eigenvalue weighted by atomic mass is 16.5. The van der Waals surface area contributed by atoms with Gasteiger partial charge in [0.25, 0.3) is 5.56 Å². The van der Waals surface area contributed by atoms with Crippen molar-refractivity contribution in [2.45, 2.75) is 24.9 Å². The highest BCUT2D eigenvalue weighted by Gasteiger charge is 2.36. The molecule has 0 saturated carbocycles. The molecule has 5 rings (SSSR count). The number of H-pyrrole nitrogens is 1. The normalized spacial score (nSPS) is 22.4. The Labute approximate surface area is 156 Å². The molecular formula is C19H16N4O5. The minimum atomic E-state index is -0.929. The molecule has 1 aliphatic rings. The molecule has 1 saturated heterocycles. The molecule has 0 spiro atoms. The van der Waals surface area contributed by atoms with Crippen LogP contribution in [0.25, 0.3) is 33.0 Å². The summed E-state index contributed by atoms with van der Waals surface area (Å²) in [7, 11) is 0. The minimum absolute atomic E-state index is 0.00733. The van der Waals surface area contributed by atoms with Gasteiger partial charge in [-0.25, -0.2) is 19.3 Å². The second-order valence-electron chi connectivity index (χ2n) is 6.83. The molecule has 2 aromatic carbocycles. The third-order valence-electron chi connectivity index (χ3n) is 5.07. The van der Waals surface area contributed by atoms with E-state index in [1.54, 1.807) is 0 Å². The van der Waals surface area contributed by atoms with Crippen LogP contribution in [-0.2, 0) is 4.74 Å². The van der Waals surface area contributed by atoms with Crippen LogP contribution in [0.15, 0.2) is 46.0 Å². The molecule has 3 heterocycles. The monoisotopic (exact) mass is 380 g/mol. The van der Waals surface area contributed by atoms with Gasteiger partial charge in [-0.3, -0.25) is 9.78 Å². The van der Waals surface area contributed by atoms with E-state index in [1.807, 2.05) is 36.4 Å². The Morgan fingerprint density at radius 1 is 1.14 bits per heavy atom. The number of aromatic nitrogens is 4. The van der Waals surface area contributed by atoms with E-state index >= 15 is 0 Å². The predicted molar refractivity (Wildman–Crippen MR) is 101 cm³/mol. The molecule has 0 aliphatic carbocycles. The van der Waals surface area contributed by atoms with Crippen LogP contribution in [0, 0.1) is 0 Å². The van der Waals surface area contributed by atoms with E-state index in [2.05, 4.69) is 15.0 Å². The maximum Gasteiger partial charge on any atom is 0.332 e. The van der Waals surface area contributed by atoms with Gasteiger partial charge >= 0.3 is 5.69 Å². The Kier molecular flexibility index (Phi) is 3.76. The summed E-state index contributed by atoms with van der Waals surface area (Å²) in [4.78, 5) is 36.0. The third-order valence-corrected chi connectivity index (χ3v) is 5.07. The van der Waals surface area contributed by atoms with Crippen LogP contribution in [0.5, 0.6) is 0 Å². The summed E-state index contributed by atoms with van der Waals surface area (Å²) in [6.07, 6.45) is -2.52. The van der Waals surface area contributed by atoms with Crippen LogP contribution in [0.4, 0.5) is 0 Å². The van der Waals surface area contributed by atoms with Crippen molar-refractivity contribution in [2.75, 3.05) is 6.61 Å². The summed E-state index contributed by atoms with van der Waals surface area (Å²) < 4.78 is 6.77. The number of hydrogen-bond donors (Lipinski definition) is 3. The van der Waals surface area contributed by atoms with Gasteiger partial charge < -0.3 is 14.9 Å². The van der Waals surface area contributed by atoms with Gasteiger partial charge in [-0.1, -0.05) is 24.3 Å². The number of fused-ring (bicyclic) bond motifs is 3. The maximum atomic E-state index is 12.5. The molecule has 1 aliphatic heterocycles. The zero-order valence-electron chi connectivity index (χ0n) is 14.6. The SMILES string of the molecule is O=c1[nH]c(=O)n([C@H]2C[C@H](O)[C@@H](CO)O2)c2nc3cc4ccccc4cc3nc12. The molecule has 3 N–H and O–H groups in total. The molecule has 4 aromatic rings. The van der Waals surface area contributed by atoms with Crippen LogP contribution >= 0.6 is 0 Å². The first kappa shape index (κ1) is 17.0. The molecule has 9 nitrogen and oxygen atoms in total. The van der Waals surface area contributed by atoms with Gasteiger partial charge in [0.2, 0.25) is 0 Å². The topological polar surface area (TPSA) is 130 Å². The molecule has 2 aromatic heterocycles. The quantitative estimate of drug-likeness (QED) is 0.430. The highest BCUT2D eigenvalue weighted by Crippen LogP contribution is 2.29. The molecule has 1 fully saturated rings. The Bertz CT molecular complexity index is 1350. The van der Waals surface area contributed by atoms with Crippen LogP contribution in [-0.4, -0.2) is 48.5 Å². The lowest BCUT2D eigenvalue weighted by Gasteiger charge is -2.16. The van der Waals surface area contributed by atoms with Crippen molar-refractivity contribution in [2.24, 2.45) is 0 Å². The van der Waals surface area contributed by atoms with E-state index < -0.39 is 29.7 Å². The van der Waals surface area contributed by atoms with Crippen LogP contribution in [0.1, 0.15) is 12.6 Å². The number of benzene rings is 2. The first-order valence-electron chi connectivity index (χ1n) is 8.84. The fourth-order valence-electron chi connectivity index (χ4n) is 3.67. The second-order valence-corrected chi connectivity index (χ2v) is 6.83. The highest BCUT2D eigenvalue weighted by molar-refractivity contribution is 5.96. The van der Waals surface area contributed by atoms with Gasteiger partial charge in [0.05, 0.1) is 23.7 Å². The van der Waals surface area contributed by atoms with Crippen LogP contribution in [0.2, 0.25) is 0 Å². The first-order chi connectivity index (χ1) is 13.5. The molecule has 9 heteroatoms. The predicted octanol–water partition coefficient (Wildman–Crippen LogP) is 0.427. The lowest BCUT2D eigenvalue weighted by molar-refractivity contribution is -0.0445. The number of nitrogens with zero attached hydrogens (tertiary/aromatic N) is 3. The summed E-state index contributed by atoms with van der Waals surface area (Å²) in [6, 6.07) is 11.4. The molecule has 0 radical (unpaired) electrons. The van der Waals surface area contributed by atoms with Crippen molar-refractivity contribution < 1.29 is 14.9 Å². The first-order valence-corrected chi connectivity index (χ1v) is 8.84. The van der Waals surface area contributed by atoms with E-state index in [0.29, 0.717) is 11.0 Å². The summed E-state index contributed by atoms with van der Waals surface area (Å²) in [6.45, 7) is -0.381. The van der Waals surface area contributed by atoms with Gasteiger partial charge in [0, 0.05) is 6.42 Å². The third kappa shape index (κ3) is 2.52. The van der Waals surface area contributed by atoms with Crippen molar-refractivity contribution in [3.63, 3.8) is 0 Å². The summed E-state index contributed by atoms with van der Waals surface area (Å²) >= 11 is 0. The Hall–Kier alpha value is -3.14. The molecule has 142 valence electrons. The molecule has 0 amide bonds. The van der Waals surface area contributed by atoms with Crippen LogP contribution in [0.3, 0.4) is 0 Å². The van der Waals surface area contributed by atoms with Crippen molar-refractivity contribution in [3.05, 3.63) is 57.2 Å². The van der Waals surface area contributed by atoms with E-state index in [-0.39, 0.29) is 24.2 Å². The lowest BCUT2D eigenvalue weighted by Crippen LogP contribution is -2.34. The second kappa shape index (κ2) is 6.20. The zero-order chi connectivity index (χ0) is 19.4. The molecular weight excluding hydrogens is 364 g/mol. The van der Waals surface area contributed by atoms with Gasteiger partial charge in [-0.05, 0) is 22.9 Å². The Balaban J connectivity index is 1.80.